The maximum absolute atomic E-state index is 10.6. The Bertz CT molecular complexity index is 369. The number of aliphatic carboxylic acids is 2. The van der Waals surface area contributed by atoms with Gasteiger partial charge in [-0.1, -0.05) is 0 Å². The largest absolute Gasteiger partial charge is 0.481 e. The molecule has 5 N–H and O–H groups in total. The molecule has 1 rings (SSSR count). The van der Waals surface area contributed by atoms with E-state index < -0.39 is 24.1 Å². The molecule has 9 heteroatoms. The summed E-state index contributed by atoms with van der Waals surface area (Å²) in [5.41, 5.74) is 5.00. The van der Waals surface area contributed by atoms with E-state index in [0.717, 1.165) is 4.90 Å². The third-order valence-corrected chi connectivity index (χ3v) is 2.29. The van der Waals surface area contributed by atoms with Gasteiger partial charge in [-0.2, -0.15) is 0 Å². The summed E-state index contributed by atoms with van der Waals surface area (Å²) in [6.45, 7) is 0.369. The summed E-state index contributed by atoms with van der Waals surface area (Å²) in [4.78, 5) is 41.4. The number of carboxylic acid groups (broad SMARTS) is 3. The quantitative estimate of drug-likeness (QED) is 0.537. The average Bonchev–Trinajstić information content (AvgIpc) is 2.73. The number of nitrogens with two attached hydrogens (primary N) is 1. The lowest BCUT2D eigenvalue weighted by molar-refractivity contribution is -0.140. The third kappa shape index (κ3) is 6.99. The van der Waals surface area contributed by atoms with Gasteiger partial charge in [-0.15, -0.1) is 0 Å². The third-order valence-electron chi connectivity index (χ3n) is 2.29. The normalized spacial score (nSPS) is 15.4. The van der Waals surface area contributed by atoms with Gasteiger partial charge in [0.25, 0.3) is 0 Å². The summed E-state index contributed by atoms with van der Waals surface area (Å²) in [5.74, 6) is -2.47. The molecule has 19 heavy (non-hydrogen) atoms. The molecule has 1 aliphatic rings. The molecule has 0 aromatic carbocycles. The molecule has 108 valence electrons. The van der Waals surface area contributed by atoms with E-state index in [1.54, 1.807) is 0 Å². The molecule has 0 bridgehead atoms. The van der Waals surface area contributed by atoms with Gasteiger partial charge < -0.3 is 21.1 Å². The lowest BCUT2D eigenvalue weighted by Crippen LogP contribution is -2.30. The zero-order valence-corrected chi connectivity index (χ0v) is 10.1. The second-order valence-corrected chi connectivity index (χ2v) is 3.81. The van der Waals surface area contributed by atoms with E-state index in [-0.39, 0.29) is 18.7 Å². The number of carbonyl (C=O) groups is 4. The first-order valence-corrected chi connectivity index (χ1v) is 5.49. The van der Waals surface area contributed by atoms with E-state index >= 15 is 0 Å². The highest BCUT2D eigenvalue weighted by molar-refractivity contribution is 5.92. The predicted octanol–water partition coefficient (Wildman–Crippen LogP) is -0.450. The van der Waals surface area contributed by atoms with Crippen molar-refractivity contribution < 1.29 is 34.5 Å². The number of imide groups is 1. The van der Waals surface area contributed by atoms with Crippen molar-refractivity contribution in [1.82, 2.24) is 4.90 Å². The number of rotatable bonds is 4. The van der Waals surface area contributed by atoms with Crippen molar-refractivity contribution in [3.63, 3.8) is 0 Å². The average molecular weight is 276 g/mol. The Morgan fingerprint density at radius 3 is 2.11 bits per heavy atom. The molecule has 1 heterocycles. The van der Waals surface area contributed by atoms with Crippen LogP contribution in [0.5, 0.6) is 0 Å². The van der Waals surface area contributed by atoms with Crippen molar-refractivity contribution in [2.24, 2.45) is 5.73 Å². The van der Waals surface area contributed by atoms with Crippen LogP contribution in [-0.4, -0.2) is 56.7 Å². The summed E-state index contributed by atoms with van der Waals surface area (Å²) in [5, 5.41) is 24.6. The molecule has 9 nitrogen and oxygen atoms in total. The molecule has 1 saturated heterocycles. The van der Waals surface area contributed by atoms with E-state index in [2.05, 4.69) is 0 Å². The number of carbonyl (C=O) groups excluding carboxylic acids is 1. The Hall–Kier alpha value is -2.16. The van der Waals surface area contributed by atoms with Gasteiger partial charge in [0.2, 0.25) is 5.91 Å². The van der Waals surface area contributed by atoms with Crippen LogP contribution >= 0.6 is 0 Å². The molecule has 1 atom stereocenters. The van der Waals surface area contributed by atoms with Gasteiger partial charge in [-0.25, -0.2) is 9.69 Å². The first-order chi connectivity index (χ1) is 8.75. The smallest absolute Gasteiger partial charge is 0.414 e. The van der Waals surface area contributed by atoms with Crippen LogP contribution in [0.15, 0.2) is 0 Å². The Balaban J connectivity index is 0.000000342. The summed E-state index contributed by atoms with van der Waals surface area (Å²) in [6, 6.07) is -1.06. The van der Waals surface area contributed by atoms with E-state index in [0.29, 0.717) is 19.4 Å². The molecule has 0 aliphatic carbocycles. The predicted molar refractivity (Wildman–Crippen MR) is 61.5 cm³/mol. The highest BCUT2D eigenvalue weighted by Gasteiger charge is 2.25. The van der Waals surface area contributed by atoms with Crippen molar-refractivity contribution in [3.8, 4) is 0 Å². The summed E-state index contributed by atoms with van der Waals surface area (Å²) < 4.78 is 0. The number of hydrogen-bond acceptors (Lipinski definition) is 5. The van der Waals surface area contributed by atoms with Gasteiger partial charge in [0.1, 0.15) is 6.04 Å². The van der Waals surface area contributed by atoms with Gasteiger partial charge in [-0.05, 0) is 12.8 Å². The lowest BCUT2D eigenvalue weighted by Gasteiger charge is -2.05. The molecule has 0 radical (unpaired) electrons. The van der Waals surface area contributed by atoms with E-state index in [1.165, 1.54) is 0 Å². The molecular weight excluding hydrogens is 260 g/mol. The van der Waals surface area contributed by atoms with Crippen molar-refractivity contribution in [2.75, 3.05) is 6.54 Å². The fourth-order valence-electron chi connectivity index (χ4n) is 1.25. The SMILES string of the molecule is N[C@@H](CCC(=O)O)C(=O)O.O=C(O)N1CCCC1=O. The van der Waals surface area contributed by atoms with Crippen molar-refractivity contribution in [1.29, 1.82) is 0 Å². The second-order valence-electron chi connectivity index (χ2n) is 3.81. The molecule has 0 saturated carbocycles. The van der Waals surface area contributed by atoms with Gasteiger partial charge >= 0.3 is 18.0 Å². The zero-order chi connectivity index (χ0) is 15.0. The first-order valence-electron chi connectivity index (χ1n) is 5.49. The number of hydrogen-bond donors (Lipinski definition) is 4. The number of likely N-dealkylation sites (tertiary alicyclic amines) is 1. The molecular formula is C10H16N2O7. The van der Waals surface area contributed by atoms with Crippen molar-refractivity contribution >= 4 is 23.9 Å². The van der Waals surface area contributed by atoms with Crippen molar-refractivity contribution in [2.45, 2.75) is 31.7 Å². The number of nitrogens with zero attached hydrogens (tertiary/aromatic N) is 1. The van der Waals surface area contributed by atoms with Gasteiger partial charge in [0.05, 0.1) is 0 Å². The van der Waals surface area contributed by atoms with Gasteiger partial charge in [-0.3, -0.25) is 14.4 Å². The highest BCUT2D eigenvalue weighted by Crippen LogP contribution is 2.08. The minimum Gasteiger partial charge on any atom is -0.481 e. The van der Waals surface area contributed by atoms with Crippen LogP contribution in [0.1, 0.15) is 25.7 Å². The van der Waals surface area contributed by atoms with Crippen LogP contribution in [-0.2, 0) is 14.4 Å². The maximum atomic E-state index is 10.6. The van der Waals surface area contributed by atoms with Crippen LogP contribution in [0.4, 0.5) is 4.79 Å². The monoisotopic (exact) mass is 276 g/mol. The molecule has 0 spiro atoms. The molecule has 1 fully saturated rings. The summed E-state index contributed by atoms with van der Waals surface area (Å²) in [7, 11) is 0. The van der Waals surface area contributed by atoms with E-state index in [1.807, 2.05) is 0 Å². The first kappa shape index (κ1) is 16.8. The lowest BCUT2D eigenvalue weighted by atomic mass is 10.2. The standard InChI is InChI=1S/C5H9NO4.C5H7NO3/c6-3(5(9)10)1-2-4(7)8;7-4-2-1-3-6(4)5(8)9/h3H,1-2,6H2,(H,7,8)(H,9,10);1-3H2,(H,8,9)/t3-;/m0./s1. The summed E-state index contributed by atoms with van der Waals surface area (Å²) >= 11 is 0. The topological polar surface area (TPSA) is 158 Å². The van der Waals surface area contributed by atoms with Crippen LogP contribution in [0.2, 0.25) is 0 Å². The Kier molecular flexibility index (Phi) is 7.12. The molecule has 1 aliphatic heterocycles. The fraction of sp³-hybridized carbons (Fsp3) is 0.600. The Morgan fingerprint density at radius 1 is 1.26 bits per heavy atom. The van der Waals surface area contributed by atoms with Crippen LogP contribution in [0.25, 0.3) is 0 Å². The number of carboxylic acids is 2. The fourth-order valence-corrected chi connectivity index (χ4v) is 1.25. The van der Waals surface area contributed by atoms with Crippen molar-refractivity contribution in [3.05, 3.63) is 0 Å². The van der Waals surface area contributed by atoms with Crippen LogP contribution < -0.4 is 5.73 Å². The van der Waals surface area contributed by atoms with Gasteiger partial charge in [0.15, 0.2) is 0 Å². The minimum absolute atomic E-state index is 0.0231. The molecule has 0 aromatic heterocycles. The zero-order valence-electron chi connectivity index (χ0n) is 10.1. The van der Waals surface area contributed by atoms with E-state index in [4.69, 9.17) is 21.1 Å². The van der Waals surface area contributed by atoms with Crippen LogP contribution in [0, 0.1) is 0 Å². The summed E-state index contributed by atoms with van der Waals surface area (Å²) in [6.07, 6.45) is -0.298. The second kappa shape index (κ2) is 8.03. The van der Waals surface area contributed by atoms with E-state index in [9.17, 15) is 19.2 Å². The highest BCUT2D eigenvalue weighted by atomic mass is 16.4. The number of amides is 2. The maximum Gasteiger partial charge on any atom is 0.414 e. The molecule has 2 amide bonds. The van der Waals surface area contributed by atoms with Gasteiger partial charge in [0, 0.05) is 19.4 Å². The minimum atomic E-state index is -1.17. The van der Waals surface area contributed by atoms with Crippen LogP contribution in [0.3, 0.4) is 0 Å². The molecule has 0 unspecified atom stereocenters. The Morgan fingerprint density at radius 2 is 1.84 bits per heavy atom. The Labute approximate surface area is 108 Å². The molecule has 0 aromatic rings.